The standard InChI is InChI=1S/C39H45N5O3S/c1-7-29-19-31-13-11-25(3)18-37(31)48(46,47)43(23-29)24-33-21-32(14-12-26(33)4)38(28(6)36(45)20-30-10-9-17-40-22-30)34-15-16-35-39(27(34)5)41-42-44(35)8-2/h9-18,21-22,28-29,38H,7-8,19-20,23-24H2,1-6H3/t28-,29-,38-/m0/s1. The molecule has 1 aliphatic rings. The molecule has 3 aromatic carbocycles. The van der Waals surface area contributed by atoms with Crippen LogP contribution in [0.1, 0.15) is 77.6 Å². The second-order valence-corrected chi connectivity index (χ2v) is 15.3. The number of carbonyl (C=O) groups is 1. The highest BCUT2D eigenvalue weighted by atomic mass is 32.2. The Morgan fingerprint density at radius 1 is 1.02 bits per heavy atom. The highest BCUT2D eigenvalue weighted by Crippen LogP contribution is 2.39. The highest BCUT2D eigenvalue weighted by molar-refractivity contribution is 7.89. The fraction of sp³-hybridized carbons (Fsp3) is 0.385. The molecule has 0 unspecified atom stereocenters. The number of fused-ring (bicyclic) bond motifs is 2. The van der Waals surface area contributed by atoms with Crippen molar-refractivity contribution in [3.63, 3.8) is 0 Å². The number of pyridine rings is 1. The summed E-state index contributed by atoms with van der Waals surface area (Å²) in [4.78, 5) is 18.6. The molecule has 2 aromatic heterocycles. The summed E-state index contributed by atoms with van der Waals surface area (Å²) in [5.41, 5.74) is 9.44. The molecule has 48 heavy (non-hydrogen) atoms. The molecular formula is C39H45N5O3S. The third kappa shape index (κ3) is 6.45. The second kappa shape index (κ2) is 13.7. The average molecular weight is 664 g/mol. The molecule has 9 heteroatoms. The molecule has 1 aliphatic heterocycles. The predicted octanol–water partition coefficient (Wildman–Crippen LogP) is 7.12. The van der Waals surface area contributed by atoms with E-state index in [9.17, 15) is 13.2 Å². The van der Waals surface area contributed by atoms with Gasteiger partial charge in [-0.3, -0.25) is 9.78 Å². The fourth-order valence-electron chi connectivity index (χ4n) is 7.18. The monoisotopic (exact) mass is 663 g/mol. The van der Waals surface area contributed by atoms with Crippen LogP contribution in [0.3, 0.4) is 0 Å². The summed E-state index contributed by atoms with van der Waals surface area (Å²) in [5, 5.41) is 8.88. The Morgan fingerprint density at radius 3 is 2.56 bits per heavy atom. The zero-order chi connectivity index (χ0) is 34.2. The van der Waals surface area contributed by atoms with Crippen molar-refractivity contribution in [2.75, 3.05) is 6.54 Å². The molecule has 250 valence electrons. The van der Waals surface area contributed by atoms with E-state index in [1.54, 1.807) is 16.7 Å². The van der Waals surface area contributed by atoms with Crippen molar-refractivity contribution in [2.45, 2.75) is 84.7 Å². The van der Waals surface area contributed by atoms with E-state index in [1.165, 1.54) is 0 Å². The zero-order valence-corrected chi connectivity index (χ0v) is 29.6. The first kappa shape index (κ1) is 33.7. The number of benzene rings is 3. The smallest absolute Gasteiger partial charge is 0.243 e. The predicted molar refractivity (Wildman–Crippen MR) is 189 cm³/mol. The van der Waals surface area contributed by atoms with E-state index in [1.807, 2.05) is 62.7 Å². The maximum absolute atomic E-state index is 14.2. The van der Waals surface area contributed by atoms with Crippen LogP contribution in [0.2, 0.25) is 0 Å². The Bertz CT molecular complexity index is 2070. The Hall–Kier alpha value is -4.21. The van der Waals surface area contributed by atoms with Crippen LogP contribution in [0.15, 0.2) is 78.0 Å². The molecule has 5 aromatic rings. The van der Waals surface area contributed by atoms with Crippen LogP contribution in [-0.4, -0.2) is 45.0 Å². The van der Waals surface area contributed by atoms with Gasteiger partial charge in [-0.1, -0.05) is 67.9 Å². The van der Waals surface area contributed by atoms with Crippen LogP contribution in [-0.2, 0) is 40.7 Å². The molecule has 0 saturated carbocycles. The Morgan fingerprint density at radius 2 is 1.83 bits per heavy atom. The van der Waals surface area contributed by atoms with Crippen molar-refractivity contribution in [1.29, 1.82) is 0 Å². The third-order valence-electron chi connectivity index (χ3n) is 10.2. The Balaban J connectivity index is 1.43. The van der Waals surface area contributed by atoms with E-state index in [4.69, 9.17) is 0 Å². The largest absolute Gasteiger partial charge is 0.299 e. The lowest BCUT2D eigenvalue weighted by molar-refractivity contribution is -0.122. The van der Waals surface area contributed by atoms with Gasteiger partial charge in [-0.15, -0.1) is 5.10 Å². The summed E-state index contributed by atoms with van der Waals surface area (Å²) in [6.07, 6.45) is 5.37. The number of carbonyl (C=O) groups excluding carboxylic acids is 1. The summed E-state index contributed by atoms with van der Waals surface area (Å²) in [6, 6.07) is 20.0. The van der Waals surface area contributed by atoms with Gasteiger partial charge < -0.3 is 0 Å². The van der Waals surface area contributed by atoms with Crippen LogP contribution in [0.4, 0.5) is 0 Å². The highest BCUT2D eigenvalue weighted by Gasteiger charge is 2.34. The number of rotatable bonds is 10. The van der Waals surface area contributed by atoms with Crippen molar-refractivity contribution in [1.82, 2.24) is 24.3 Å². The quantitative estimate of drug-likeness (QED) is 0.158. The fourth-order valence-corrected chi connectivity index (χ4v) is 8.99. The molecule has 8 nitrogen and oxygen atoms in total. The topological polar surface area (TPSA) is 98.0 Å². The van der Waals surface area contributed by atoms with Gasteiger partial charge in [0.05, 0.1) is 10.4 Å². The number of hydrogen-bond acceptors (Lipinski definition) is 6. The lowest BCUT2D eigenvalue weighted by Crippen LogP contribution is -2.33. The minimum Gasteiger partial charge on any atom is -0.299 e. The van der Waals surface area contributed by atoms with Gasteiger partial charge in [0.1, 0.15) is 11.3 Å². The minimum atomic E-state index is -3.72. The molecule has 0 amide bonds. The summed E-state index contributed by atoms with van der Waals surface area (Å²) < 4.78 is 32.0. The number of ketones is 1. The number of nitrogens with zero attached hydrogens (tertiary/aromatic N) is 5. The van der Waals surface area contributed by atoms with Gasteiger partial charge in [-0.25, -0.2) is 13.1 Å². The van der Waals surface area contributed by atoms with Crippen LogP contribution in [0.5, 0.6) is 0 Å². The van der Waals surface area contributed by atoms with Gasteiger partial charge in [-0.2, -0.15) is 4.31 Å². The van der Waals surface area contributed by atoms with E-state index in [-0.39, 0.29) is 36.5 Å². The molecule has 0 bridgehead atoms. The lowest BCUT2D eigenvalue weighted by atomic mass is 9.76. The van der Waals surface area contributed by atoms with Gasteiger partial charge in [0, 0.05) is 50.3 Å². The SMILES string of the molecule is CC[C@H]1Cc2ccc(C)cc2S(=O)(=O)N(Cc2cc([C@@H](c3ccc4c(nnn4CC)c3C)[C@@H](C)C(=O)Cc3cccnc3)ccc2C)C1. The number of aryl methyl sites for hydroxylation is 4. The molecule has 3 heterocycles. The molecule has 0 N–H and O–H groups in total. The molecular weight excluding hydrogens is 619 g/mol. The summed E-state index contributed by atoms with van der Waals surface area (Å²) in [7, 11) is -3.72. The molecule has 3 atom stereocenters. The molecule has 0 radical (unpaired) electrons. The first-order valence-electron chi connectivity index (χ1n) is 16.9. The lowest BCUT2D eigenvalue weighted by Gasteiger charge is -2.28. The van der Waals surface area contributed by atoms with E-state index in [0.29, 0.717) is 18.0 Å². The van der Waals surface area contributed by atoms with Crippen molar-refractivity contribution < 1.29 is 13.2 Å². The van der Waals surface area contributed by atoms with Gasteiger partial charge in [-0.05, 0) is 103 Å². The van der Waals surface area contributed by atoms with Gasteiger partial charge in [0.15, 0.2) is 0 Å². The normalized spacial score (nSPS) is 17.5. The van der Waals surface area contributed by atoms with Crippen LogP contribution in [0, 0.1) is 32.6 Å². The van der Waals surface area contributed by atoms with E-state index in [2.05, 4.69) is 59.5 Å². The number of Topliss-reactive ketones (excluding diaryl/α,β-unsaturated/α-hetero) is 1. The van der Waals surface area contributed by atoms with Gasteiger partial charge in [0.2, 0.25) is 10.0 Å². The molecule has 0 aliphatic carbocycles. The number of hydrogen-bond donors (Lipinski definition) is 0. The van der Waals surface area contributed by atoms with Crippen LogP contribution < -0.4 is 0 Å². The Labute approximate surface area is 284 Å². The molecule has 0 spiro atoms. The Kier molecular flexibility index (Phi) is 9.63. The maximum Gasteiger partial charge on any atom is 0.243 e. The van der Waals surface area contributed by atoms with Crippen LogP contribution >= 0.6 is 0 Å². The minimum absolute atomic E-state index is 0.111. The van der Waals surface area contributed by atoms with E-state index in [0.717, 1.165) is 68.4 Å². The summed E-state index contributed by atoms with van der Waals surface area (Å²) >= 11 is 0. The number of sulfonamides is 1. The molecule has 0 saturated heterocycles. The zero-order valence-electron chi connectivity index (χ0n) is 28.8. The molecule has 0 fully saturated rings. The van der Waals surface area contributed by atoms with Gasteiger partial charge in [0.25, 0.3) is 0 Å². The van der Waals surface area contributed by atoms with Crippen molar-refractivity contribution in [2.24, 2.45) is 11.8 Å². The van der Waals surface area contributed by atoms with E-state index >= 15 is 0 Å². The number of aromatic nitrogens is 4. The average Bonchev–Trinajstić information content (AvgIpc) is 3.47. The second-order valence-electron chi connectivity index (χ2n) is 13.4. The first-order chi connectivity index (χ1) is 23.0. The third-order valence-corrected chi connectivity index (χ3v) is 12.1. The maximum atomic E-state index is 14.2. The van der Waals surface area contributed by atoms with Crippen molar-refractivity contribution in [3.8, 4) is 0 Å². The summed E-state index contributed by atoms with van der Waals surface area (Å²) in [5.74, 6) is -0.327. The molecule has 6 rings (SSSR count). The summed E-state index contributed by atoms with van der Waals surface area (Å²) in [6.45, 7) is 13.6. The van der Waals surface area contributed by atoms with Crippen molar-refractivity contribution >= 4 is 26.8 Å². The van der Waals surface area contributed by atoms with Crippen molar-refractivity contribution in [3.05, 3.63) is 118 Å². The first-order valence-corrected chi connectivity index (χ1v) is 18.4. The van der Waals surface area contributed by atoms with E-state index < -0.39 is 10.0 Å². The van der Waals surface area contributed by atoms with Crippen LogP contribution in [0.25, 0.3) is 11.0 Å². The van der Waals surface area contributed by atoms with Gasteiger partial charge >= 0.3 is 0 Å².